The van der Waals surface area contributed by atoms with Gasteiger partial charge in [0.1, 0.15) is 41.7 Å². The Morgan fingerprint density at radius 3 is 1.75 bits per heavy atom. The Morgan fingerprint density at radius 1 is 0.684 bits per heavy atom. The summed E-state index contributed by atoms with van der Waals surface area (Å²) in [6, 6.07) is 10.2. The molecule has 1 aromatic heterocycles. The maximum absolute atomic E-state index is 12.2. The topological polar surface area (TPSA) is 348 Å². The predicted molar refractivity (Wildman–Crippen MR) is 187 cm³/mol. The number of rotatable bonds is 12. The van der Waals surface area contributed by atoms with E-state index < -0.39 is 77.4 Å². The molecule has 0 spiro atoms. The molecular weight excluding hydrogens is 887 g/mol. The second kappa shape index (κ2) is 19.6. The third-order valence-electron chi connectivity index (χ3n) is 6.84. The smallest absolute Gasteiger partial charge is 0.744 e. The largest absolute Gasteiger partial charge is 1.00 e. The van der Waals surface area contributed by atoms with E-state index >= 15 is 0 Å². The number of nitrogens with one attached hydrogen (secondary N) is 3. The average molecular weight is 906 g/mol. The van der Waals surface area contributed by atoms with Crippen molar-refractivity contribution < 1.29 is 141 Å². The molecule has 5 aromatic rings. The molecule has 57 heavy (non-hydrogen) atoms. The molecule has 0 aliphatic rings. The number of nitrogens with zero attached hydrogens (tertiary/aromatic N) is 5. The second-order valence-electron chi connectivity index (χ2n) is 10.5. The number of anilines is 5. The number of halogens is 1. The van der Waals surface area contributed by atoms with Crippen molar-refractivity contribution in [1.29, 1.82) is 0 Å². The Kier molecular flexibility index (Phi) is 17.4. The molecule has 0 radical (unpaired) electrons. The van der Waals surface area contributed by atoms with Crippen molar-refractivity contribution in [2.24, 2.45) is 16.0 Å². The Morgan fingerprint density at radius 2 is 1.23 bits per heavy atom. The van der Waals surface area contributed by atoms with Crippen LogP contribution in [0.15, 0.2) is 109 Å². The van der Waals surface area contributed by atoms with Gasteiger partial charge in [-0.3, -0.25) is 0 Å². The normalized spacial score (nSPS) is 11.8. The Bertz CT molecular complexity index is 2880. The van der Waals surface area contributed by atoms with Crippen molar-refractivity contribution in [3.8, 4) is 0 Å². The maximum Gasteiger partial charge on any atom is 1.00 e. The minimum absolute atomic E-state index is 0. The SMILES string of the molecule is C=CS(=O)(=O)c1ccc(Nc2nc(Cl)nc(Nc3ccc(N=Nc4cc5c(S(=O)(=O)[O-])cc(S(=O)(=O)[O-])cc5cc4S(=O)(=O)[O-])c(NC(N)=O)c3)n2)cc1.[Na+].[Na+].[Na+]. The van der Waals surface area contributed by atoms with Crippen molar-refractivity contribution in [3.63, 3.8) is 0 Å². The molecule has 0 bridgehead atoms. The zero-order valence-electron chi connectivity index (χ0n) is 29.4. The molecule has 0 saturated heterocycles. The number of hydrogen-bond donors (Lipinski definition) is 4. The predicted octanol–water partition coefficient (Wildman–Crippen LogP) is -5.29. The van der Waals surface area contributed by atoms with Crippen LogP contribution in [0.3, 0.4) is 0 Å². The number of carbonyl (C=O) groups is 1. The summed E-state index contributed by atoms with van der Waals surface area (Å²) in [6.07, 6.45) is 0. The number of primary amides is 1. The van der Waals surface area contributed by atoms with Crippen LogP contribution in [0.1, 0.15) is 0 Å². The van der Waals surface area contributed by atoms with E-state index in [4.69, 9.17) is 17.3 Å². The summed E-state index contributed by atoms with van der Waals surface area (Å²) in [4.78, 5) is 20.4. The zero-order valence-corrected chi connectivity index (χ0v) is 39.4. The summed E-state index contributed by atoms with van der Waals surface area (Å²) >= 11 is 6.06. The van der Waals surface area contributed by atoms with Crippen LogP contribution < -0.4 is 110 Å². The van der Waals surface area contributed by atoms with Gasteiger partial charge in [0.15, 0.2) is 9.84 Å². The summed E-state index contributed by atoms with van der Waals surface area (Å²) in [7, 11) is -20.0. The van der Waals surface area contributed by atoms with Gasteiger partial charge in [0.2, 0.25) is 17.2 Å². The molecule has 0 unspecified atom stereocenters. The first-order valence-electron chi connectivity index (χ1n) is 14.1. The first-order valence-corrected chi connectivity index (χ1v) is 20.2. The molecule has 0 atom stereocenters. The molecule has 1 heterocycles. The maximum atomic E-state index is 12.2. The number of benzene rings is 4. The number of azo groups is 1. The Labute approximate surface area is 395 Å². The van der Waals surface area contributed by atoms with Gasteiger partial charge in [-0.2, -0.15) is 15.0 Å². The summed E-state index contributed by atoms with van der Waals surface area (Å²) in [5, 5.41) is 14.8. The molecule has 2 amide bonds. The molecule has 5 N–H and O–H groups in total. The van der Waals surface area contributed by atoms with Gasteiger partial charge in [0.05, 0.1) is 25.3 Å². The molecule has 4 aromatic carbocycles. The van der Waals surface area contributed by atoms with Gasteiger partial charge in [-0.15, -0.1) is 10.2 Å². The molecule has 0 aliphatic carbocycles. The van der Waals surface area contributed by atoms with Crippen LogP contribution in [0.5, 0.6) is 0 Å². The summed E-state index contributed by atoms with van der Waals surface area (Å²) < 4.78 is 131. The summed E-state index contributed by atoms with van der Waals surface area (Å²) in [6.45, 7) is 3.27. The van der Waals surface area contributed by atoms with Gasteiger partial charge in [0.25, 0.3) is 0 Å². The minimum atomic E-state index is -5.50. The second-order valence-corrected chi connectivity index (χ2v) is 16.8. The van der Waals surface area contributed by atoms with E-state index in [1.54, 1.807) is 0 Å². The molecule has 29 heteroatoms. The molecule has 0 saturated carbocycles. The molecule has 0 fully saturated rings. The molecule has 282 valence electrons. The van der Waals surface area contributed by atoms with Crippen molar-refractivity contribution in [1.82, 2.24) is 15.0 Å². The van der Waals surface area contributed by atoms with Crippen molar-refractivity contribution in [2.75, 3.05) is 16.0 Å². The molecule has 0 aliphatic heterocycles. The Hall–Kier alpha value is -2.67. The number of nitrogens with two attached hydrogens (primary N) is 1. The van der Waals surface area contributed by atoms with Crippen molar-refractivity contribution in [3.05, 3.63) is 84.0 Å². The van der Waals surface area contributed by atoms with Crippen molar-refractivity contribution in [2.45, 2.75) is 19.6 Å². The van der Waals surface area contributed by atoms with Crippen LogP contribution in [0.2, 0.25) is 5.28 Å². The minimum Gasteiger partial charge on any atom is -0.744 e. The van der Waals surface area contributed by atoms with Crippen LogP contribution in [-0.2, 0) is 40.2 Å². The van der Waals surface area contributed by atoms with Gasteiger partial charge < -0.3 is 35.3 Å². The molecular formula is C28H19ClN9Na3O12S4. The van der Waals surface area contributed by atoms with E-state index in [9.17, 15) is 52.1 Å². The average Bonchev–Trinajstić information content (AvgIpc) is 3.05. The van der Waals surface area contributed by atoms with Crippen LogP contribution in [-0.4, -0.2) is 68.3 Å². The van der Waals surface area contributed by atoms with E-state index in [1.165, 1.54) is 42.5 Å². The standard InChI is InChI=1S/C28H22ClN9O12S4.3Na/c1-2-51(40,41)17-6-3-15(4-7-17)31-27-34-25(29)35-28(36-27)32-16-5-8-20(21(11-16)33-26(30)39)37-38-22-13-19-14(10-24(22)54(48,49)50)9-18(52(42,43)44)12-23(19)53(45,46)47;;;/h2-13H,1H2,(H3,30,33,39)(H,42,43,44)(H,45,46,47)(H,48,49,50)(H2,31,32,34,35,36);;;/q;3*+1/p-3. The first kappa shape index (κ1) is 50.5. The fourth-order valence-corrected chi connectivity index (χ4v) is 7.35. The van der Waals surface area contributed by atoms with Crippen LogP contribution in [0.25, 0.3) is 10.8 Å². The number of fused-ring (bicyclic) bond motifs is 1. The van der Waals surface area contributed by atoms with Gasteiger partial charge in [-0.25, -0.2) is 38.5 Å². The molecule has 5 rings (SSSR count). The fourth-order valence-electron chi connectivity index (χ4n) is 4.53. The van der Waals surface area contributed by atoms with E-state index in [0.29, 0.717) is 23.9 Å². The van der Waals surface area contributed by atoms with Gasteiger partial charge in [0, 0.05) is 22.2 Å². The number of carbonyl (C=O) groups excluding carboxylic acids is 1. The van der Waals surface area contributed by atoms with Gasteiger partial charge in [-0.1, -0.05) is 6.58 Å². The monoisotopic (exact) mass is 905 g/mol. The van der Waals surface area contributed by atoms with E-state index in [0.717, 1.165) is 5.41 Å². The summed E-state index contributed by atoms with van der Waals surface area (Å²) in [5.74, 6) is -0.211. The number of hydrogen-bond acceptors (Lipinski definition) is 19. The van der Waals surface area contributed by atoms with E-state index in [1.807, 2.05) is 0 Å². The van der Waals surface area contributed by atoms with Crippen LogP contribution >= 0.6 is 11.6 Å². The third-order valence-corrected chi connectivity index (χ3v) is 10.9. The van der Waals surface area contributed by atoms with Gasteiger partial charge in [-0.05, 0) is 83.7 Å². The van der Waals surface area contributed by atoms with Crippen LogP contribution in [0, 0.1) is 0 Å². The number of sulfone groups is 1. The Balaban J connectivity index is 0.00000374. The van der Waals surface area contributed by atoms with Crippen LogP contribution in [0.4, 0.5) is 45.1 Å². The first-order chi connectivity index (χ1) is 25.0. The van der Waals surface area contributed by atoms with Crippen molar-refractivity contribution >= 4 is 109 Å². The third kappa shape index (κ3) is 12.9. The van der Waals surface area contributed by atoms with Gasteiger partial charge >= 0.3 is 94.7 Å². The molecule has 21 nitrogen and oxygen atoms in total. The summed E-state index contributed by atoms with van der Waals surface area (Å²) in [5.41, 5.74) is 4.61. The number of amides is 2. The van der Waals surface area contributed by atoms with E-state index in [-0.39, 0.29) is 134 Å². The number of urea groups is 1. The fraction of sp³-hybridized carbons (Fsp3) is 0. The van der Waals surface area contributed by atoms with E-state index in [2.05, 4.69) is 47.7 Å². The number of aromatic nitrogens is 3. The quantitative estimate of drug-likeness (QED) is 0.0516. The zero-order chi connectivity index (χ0) is 39.8.